The fraction of sp³-hybridized carbons (Fsp3) is 0.667. The molecule has 2 unspecified atom stereocenters. The Balaban J connectivity index is 1.71. The molecule has 3 N–H and O–H groups in total. The monoisotopic (exact) mass is 281 g/mol. The number of carbonyl (C=O) groups excluding carboxylic acids is 1. The van der Waals surface area contributed by atoms with Crippen LogP contribution >= 0.6 is 0 Å². The van der Waals surface area contributed by atoms with Gasteiger partial charge in [0.05, 0.1) is 5.92 Å². The van der Waals surface area contributed by atoms with E-state index in [0.29, 0.717) is 25.9 Å². The molecule has 0 aliphatic carbocycles. The van der Waals surface area contributed by atoms with Crippen LogP contribution in [0.25, 0.3) is 0 Å². The summed E-state index contributed by atoms with van der Waals surface area (Å²) in [6, 6.07) is -0.458. The van der Waals surface area contributed by atoms with Crippen molar-refractivity contribution in [3.05, 3.63) is 12.2 Å². The highest BCUT2D eigenvalue weighted by molar-refractivity contribution is 5.78. The Kier molecular flexibility index (Phi) is 4.54. The first kappa shape index (κ1) is 14.3. The molecule has 1 aromatic rings. The topological polar surface area (TPSA) is 111 Å². The molecule has 0 spiro atoms. The quantitative estimate of drug-likeness (QED) is 0.669. The van der Waals surface area contributed by atoms with E-state index in [1.165, 1.54) is 6.33 Å². The van der Waals surface area contributed by atoms with Gasteiger partial charge in [-0.05, 0) is 19.8 Å². The number of hydrogen-bond donors (Lipinski definition) is 3. The van der Waals surface area contributed by atoms with Gasteiger partial charge in [0, 0.05) is 25.6 Å². The molecule has 2 atom stereocenters. The Morgan fingerprint density at radius 2 is 2.40 bits per heavy atom. The third-order valence-electron chi connectivity index (χ3n) is 3.66. The van der Waals surface area contributed by atoms with Crippen molar-refractivity contribution in [3.63, 3.8) is 0 Å². The van der Waals surface area contributed by atoms with Gasteiger partial charge in [0.2, 0.25) is 0 Å². The lowest BCUT2D eigenvalue weighted by Crippen LogP contribution is -2.44. The molecule has 2 heterocycles. The Labute approximate surface area is 116 Å². The number of H-pyrrole nitrogens is 1. The number of aromatic nitrogens is 3. The van der Waals surface area contributed by atoms with Crippen LogP contribution in [0, 0.1) is 5.92 Å². The summed E-state index contributed by atoms with van der Waals surface area (Å²) in [6.45, 7) is 2.80. The van der Waals surface area contributed by atoms with Gasteiger partial charge >= 0.3 is 12.0 Å². The van der Waals surface area contributed by atoms with Crippen LogP contribution < -0.4 is 5.32 Å². The van der Waals surface area contributed by atoms with Gasteiger partial charge in [-0.2, -0.15) is 5.10 Å². The lowest BCUT2D eigenvalue weighted by Gasteiger charge is -2.23. The van der Waals surface area contributed by atoms with Gasteiger partial charge in [-0.1, -0.05) is 0 Å². The molecule has 110 valence electrons. The summed E-state index contributed by atoms with van der Waals surface area (Å²) >= 11 is 0. The number of aliphatic carboxylic acids is 1. The molecule has 0 bridgehead atoms. The van der Waals surface area contributed by atoms with Crippen molar-refractivity contribution in [3.8, 4) is 0 Å². The fourth-order valence-electron chi connectivity index (χ4n) is 2.46. The number of aromatic amines is 1. The minimum atomic E-state index is -0.835. The Hall–Kier alpha value is -2.12. The molecular weight excluding hydrogens is 262 g/mol. The maximum Gasteiger partial charge on any atom is 0.317 e. The highest BCUT2D eigenvalue weighted by atomic mass is 16.4. The van der Waals surface area contributed by atoms with Crippen LogP contribution in [-0.4, -0.2) is 56.3 Å². The molecule has 20 heavy (non-hydrogen) atoms. The minimum absolute atomic E-state index is 0.196. The molecule has 0 radical (unpaired) electrons. The number of rotatable bonds is 5. The van der Waals surface area contributed by atoms with E-state index in [2.05, 4.69) is 20.5 Å². The average Bonchev–Trinajstić information content (AvgIpc) is 3.03. The minimum Gasteiger partial charge on any atom is -0.481 e. The van der Waals surface area contributed by atoms with Crippen molar-refractivity contribution in [1.82, 2.24) is 25.4 Å². The zero-order valence-electron chi connectivity index (χ0n) is 11.4. The zero-order chi connectivity index (χ0) is 14.5. The van der Waals surface area contributed by atoms with E-state index in [1.54, 1.807) is 11.8 Å². The van der Waals surface area contributed by atoms with E-state index in [-0.39, 0.29) is 12.1 Å². The highest BCUT2D eigenvalue weighted by Crippen LogP contribution is 2.24. The highest BCUT2D eigenvalue weighted by Gasteiger charge is 2.37. The maximum atomic E-state index is 12.0. The van der Waals surface area contributed by atoms with Crippen molar-refractivity contribution in [2.24, 2.45) is 5.92 Å². The van der Waals surface area contributed by atoms with Crippen LogP contribution in [-0.2, 0) is 11.2 Å². The predicted molar refractivity (Wildman–Crippen MR) is 70.0 cm³/mol. The number of nitrogens with one attached hydrogen (secondary N) is 2. The normalized spacial score (nSPS) is 21.9. The van der Waals surface area contributed by atoms with Crippen LogP contribution in [0.1, 0.15) is 25.6 Å². The van der Waals surface area contributed by atoms with Gasteiger partial charge in [-0.15, -0.1) is 0 Å². The molecule has 1 aromatic heterocycles. The van der Waals surface area contributed by atoms with Gasteiger partial charge < -0.3 is 15.3 Å². The Morgan fingerprint density at radius 1 is 1.60 bits per heavy atom. The summed E-state index contributed by atoms with van der Waals surface area (Å²) in [6.07, 6.45) is 3.44. The number of urea groups is 1. The van der Waals surface area contributed by atoms with Crippen LogP contribution in [0.2, 0.25) is 0 Å². The fourth-order valence-corrected chi connectivity index (χ4v) is 2.46. The number of amides is 2. The molecular formula is C12H19N5O3. The first-order valence-electron chi connectivity index (χ1n) is 6.71. The summed E-state index contributed by atoms with van der Waals surface area (Å²) in [4.78, 5) is 28.6. The lowest BCUT2D eigenvalue weighted by atomic mass is 10.0. The van der Waals surface area contributed by atoms with Crippen LogP contribution in [0.5, 0.6) is 0 Å². The summed E-state index contributed by atoms with van der Waals surface area (Å²) in [7, 11) is 0. The van der Waals surface area contributed by atoms with E-state index < -0.39 is 11.9 Å². The predicted octanol–water partition coefficient (Wildman–Crippen LogP) is 0.242. The van der Waals surface area contributed by atoms with Gasteiger partial charge in [-0.3, -0.25) is 9.89 Å². The van der Waals surface area contributed by atoms with E-state index in [4.69, 9.17) is 5.11 Å². The second-order valence-electron chi connectivity index (χ2n) is 4.94. The molecule has 0 saturated carbocycles. The largest absolute Gasteiger partial charge is 0.481 e. The Morgan fingerprint density at radius 3 is 3.00 bits per heavy atom. The van der Waals surface area contributed by atoms with Gasteiger partial charge in [-0.25, -0.2) is 9.78 Å². The molecule has 8 heteroatoms. The first-order valence-corrected chi connectivity index (χ1v) is 6.71. The molecule has 1 fully saturated rings. The van der Waals surface area contributed by atoms with Crippen molar-refractivity contribution in [2.45, 2.75) is 32.2 Å². The molecule has 1 aliphatic heterocycles. The summed E-state index contributed by atoms with van der Waals surface area (Å²) in [5.41, 5.74) is 0. The number of carboxylic acids is 1. The molecule has 2 rings (SSSR count). The zero-order valence-corrected chi connectivity index (χ0v) is 11.4. The van der Waals surface area contributed by atoms with E-state index in [0.717, 1.165) is 12.2 Å². The van der Waals surface area contributed by atoms with Crippen molar-refractivity contribution in [1.29, 1.82) is 0 Å². The third kappa shape index (κ3) is 3.25. The van der Waals surface area contributed by atoms with Gasteiger partial charge in [0.15, 0.2) is 0 Å². The number of likely N-dealkylation sites (tertiary alicyclic amines) is 1. The third-order valence-corrected chi connectivity index (χ3v) is 3.66. The van der Waals surface area contributed by atoms with E-state index in [9.17, 15) is 9.59 Å². The molecule has 1 aliphatic rings. The molecule has 0 aromatic carbocycles. The first-order chi connectivity index (χ1) is 9.59. The van der Waals surface area contributed by atoms with Crippen LogP contribution in [0.15, 0.2) is 6.33 Å². The van der Waals surface area contributed by atoms with Crippen molar-refractivity contribution in [2.75, 3.05) is 13.1 Å². The van der Waals surface area contributed by atoms with Crippen molar-refractivity contribution < 1.29 is 14.7 Å². The van der Waals surface area contributed by atoms with E-state index >= 15 is 0 Å². The lowest BCUT2D eigenvalue weighted by molar-refractivity contribution is -0.142. The average molecular weight is 281 g/mol. The number of hydrogen-bond acceptors (Lipinski definition) is 4. The van der Waals surface area contributed by atoms with Crippen molar-refractivity contribution >= 4 is 12.0 Å². The van der Waals surface area contributed by atoms with E-state index in [1.807, 2.05) is 0 Å². The standard InChI is InChI=1S/C12H19N5O3/c1-8-9(11(18)19)4-6-17(8)12(20)13-5-2-3-10-14-7-15-16-10/h7-9H,2-6H2,1H3,(H,13,20)(H,18,19)(H,14,15,16). The second kappa shape index (κ2) is 6.36. The van der Waals surface area contributed by atoms with Crippen LogP contribution in [0.4, 0.5) is 4.79 Å². The SMILES string of the molecule is CC1C(C(=O)O)CCN1C(=O)NCCCc1ncn[nH]1. The number of carboxylic acid groups (broad SMARTS) is 1. The number of aryl methyl sites for hydroxylation is 1. The second-order valence-corrected chi connectivity index (χ2v) is 4.94. The van der Waals surface area contributed by atoms with Gasteiger partial charge in [0.1, 0.15) is 12.2 Å². The summed E-state index contributed by atoms with van der Waals surface area (Å²) in [5, 5.41) is 18.3. The van der Waals surface area contributed by atoms with Crippen LogP contribution in [0.3, 0.4) is 0 Å². The molecule has 2 amide bonds. The number of nitrogens with zero attached hydrogens (tertiary/aromatic N) is 3. The molecule has 8 nitrogen and oxygen atoms in total. The summed E-state index contributed by atoms with van der Waals surface area (Å²) in [5.74, 6) is -0.507. The smallest absolute Gasteiger partial charge is 0.317 e. The maximum absolute atomic E-state index is 12.0. The Bertz CT molecular complexity index is 462. The molecule has 1 saturated heterocycles. The van der Waals surface area contributed by atoms with Gasteiger partial charge in [0.25, 0.3) is 0 Å². The number of carbonyl (C=O) groups is 2. The summed E-state index contributed by atoms with van der Waals surface area (Å²) < 4.78 is 0.